The minimum Gasteiger partial charge on any atom is -0.273 e. The van der Waals surface area contributed by atoms with Crippen molar-refractivity contribution in [2.45, 2.75) is 6.18 Å². The Balaban J connectivity index is 1.77. The van der Waals surface area contributed by atoms with Crippen LogP contribution in [0.4, 0.5) is 18.3 Å². The van der Waals surface area contributed by atoms with E-state index in [0.717, 1.165) is 22.3 Å². The molecule has 0 bridgehead atoms. The Labute approximate surface area is 132 Å². The second-order valence-corrected chi connectivity index (χ2v) is 5.64. The van der Waals surface area contributed by atoms with E-state index in [1.54, 1.807) is 6.07 Å². The fraction of sp³-hybridized carbons (Fsp3) is 0.0667. The van der Waals surface area contributed by atoms with Crippen LogP contribution < -0.4 is 10.9 Å². The molecule has 0 atom stereocenters. The minimum absolute atomic E-state index is 0.393. The highest BCUT2D eigenvalue weighted by molar-refractivity contribution is 7.22. The van der Waals surface area contributed by atoms with E-state index in [2.05, 4.69) is 15.8 Å². The summed E-state index contributed by atoms with van der Waals surface area (Å²) < 4.78 is 39.6. The third-order valence-corrected chi connectivity index (χ3v) is 4.01. The maximum absolute atomic E-state index is 12.9. The van der Waals surface area contributed by atoms with Crippen molar-refractivity contribution in [3.8, 4) is 0 Å². The number of halogens is 3. The molecule has 0 fully saturated rings. The zero-order chi connectivity index (χ0) is 16.4. The van der Waals surface area contributed by atoms with Crippen molar-refractivity contribution in [1.29, 1.82) is 0 Å². The molecular formula is C15H10F3N3OS. The van der Waals surface area contributed by atoms with Crippen LogP contribution in [-0.2, 0) is 6.18 Å². The number of fused-ring (bicyclic) bond motifs is 1. The Kier molecular flexibility index (Phi) is 3.91. The number of alkyl halides is 3. The number of carbonyl (C=O) groups is 1. The smallest absolute Gasteiger partial charge is 0.273 e. The van der Waals surface area contributed by atoms with Crippen molar-refractivity contribution in [1.82, 2.24) is 10.4 Å². The van der Waals surface area contributed by atoms with E-state index in [1.165, 1.54) is 23.5 Å². The molecule has 118 valence electrons. The first-order valence-corrected chi connectivity index (χ1v) is 7.35. The van der Waals surface area contributed by atoms with Gasteiger partial charge in [-0.25, -0.2) is 4.98 Å². The number of thiazole rings is 1. The molecule has 2 N–H and O–H groups in total. The van der Waals surface area contributed by atoms with Crippen LogP contribution in [0.2, 0.25) is 0 Å². The highest BCUT2D eigenvalue weighted by Crippen LogP contribution is 2.32. The molecule has 0 spiro atoms. The van der Waals surface area contributed by atoms with Gasteiger partial charge < -0.3 is 0 Å². The molecule has 23 heavy (non-hydrogen) atoms. The number of hydrogen-bond acceptors (Lipinski definition) is 4. The Morgan fingerprint density at radius 1 is 1.04 bits per heavy atom. The molecule has 3 aromatic rings. The molecule has 2 aromatic carbocycles. The second-order valence-electron chi connectivity index (χ2n) is 4.61. The fourth-order valence-corrected chi connectivity index (χ4v) is 2.85. The van der Waals surface area contributed by atoms with E-state index in [1.807, 2.05) is 18.2 Å². The van der Waals surface area contributed by atoms with Gasteiger partial charge in [-0.1, -0.05) is 35.6 Å². The van der Waals surface area contributed by atoms with E-state index in [4.69, 9.17) is 0 Å². The molecule has 1 heterocycles. The first-order valence-electron chi connectivity index (χ1n) is 6.53. The number of nitrogens with zero attached hydrogens (tertiary/aromatic N) is 1. The average Bonchev–Trinajstić information content (AvgIpc) is 2.94. The number of nitrogens with one attached hydrogen (secondary N) is 2. The van der Waals surface area contributed by atoms with E-state index in [-0.39, 0.29) is 0 Å². The number of carbonyl (C=O) groups excluding carboxylic acids is 1. The third-order valence-electron chi connectivity index (χ3n) is 3.05. The SMILES string of the molecule is O=C(NNc1nc2ccccc2s1)c1ccccc1C(F)(F)F. The predicted molar refractivity (Wildman–Crippen MR) is 82.2 cm³/mol. The van der Waals surface area contributed by atoms with Gasteiger partial charge in [-0.05, 0) is 24.3 Å². The molecule has 3 rings (SSSR count). The van der Waals surface area contributed by atoms with Crippen LogP contribution in [0.5, 0.6) is 0 Å². The van der Waals surface area contributed by atoms with Crippen molar-refractivity contribution in [3.05, 3.63) is 59.7 Å². The summed E-state index contributed by atoms with van der Waals surface area (Å²) in [4.78, 5) is 16.2. The van der Waals surface area contributed by atoms with Crippen molar-refractivity contribution in [3.63, 3.8) is 0 Å². The van der Waals surface area contributed by atoms with E-state index < -0.39 is 23.2 Å². The zero-order valence-corrected chi connectivity index (χ0v) is 12.3. The summed E-state index contributed by atoms with van der Waals surface area (Å²) in [6, 6.07) is 11.9. The number of anilines is 1. The summed E-state index contributed by atoms with van der Waals surface area (Å²) in [6.45, 7) is 0. The Morgan fingerprint density at radius 2 is 1.74 bits per heavy atom. The number of hydrogen-bond donors (Lipinski definition) is 2. The van der Waals surface area contributed by atoms with E-state index >= 15 is 0 Å². The molecule has 0 saturated heterocycles. The Hall–Kier alpha value is -2.61. The first-order chi connectivity index (χ1) is 10.9. The summed E-state index contributed by atoms with van der Waals surface area (Å²) in [5.74, 6) is -0.878. The summed E-state index contributed by atoms with van der Waals surface area (Å²) in [5, 5.41) is 0.393. The van der Waals surface area contributed by atoms with E-state index in [9.17, 15) is 18.0 Å². The van der Waals surface area contributed by atoms with Gasteiger partial charge in [-0.15, -0.1) is 0 Å². The first kappa shape index (κ1) is 15.3. The third kappa shape index (κ3) is 3.26. The maximum Gasteiger partial charge on any atom is 0.417 e. The number of para-hydroxylation sites is 1. The highest BCUT2D eigenvalue weighted by Gasteiger charge is 2.34. The van der Waals surface area contributed by atoms with Gasteiger partial charge in [0.15, 0.2) is 0 Å². The molecule has 0 unspecified atom stereocenters. The summed E-state index contributed by atoms with van der Waals surface area (Å²) >= 11 is 1.29. The monoisotopic (exact) mass is 337 g/mol. The summed E-state index contributed by atoms with van der Waals surface area (Å²) in [6.07, 6.45) is -4.59. The zero-order valence-electron chi connectivity index (χ0n) is 11.5. The number of rotatable bonds is 3. The molecule has 0 aliphatic carbocycles. The summed E-state index contributed by atoms with van der Waals surface area (Å²) in [7, 11) is 0. The molecule has 1 aromatic heterocycles. The van der Waals surface area contributed by atoms with Gasteiger partial charge in [-0.2, -0.15) is 13.2 Å². The van der Waals surface area contributed by atoms with Crippen molar-refractivity contribution in [2.75, 3.05) is 5.43 Å². The topological polar surface area (TPSA) is 54.0 Å². The maximum atomic E-state index is 12.9. The Bertz CT molecular complexity index is 827. The standard InChI is InChI=1S/C15H10F3N3OS/c16-15(17,18)10-6-2-1-5-9(10)13(22)20-21-14-19-11-7-3-4-8-12(11)23-14/h1-8H,(H,19,21)(H,20,22). The van der Waals surface area contributed by atoms with Crippen molar-refractivity contribution in [2.24, 2.45) is 0 Å². The number of aromatic nitrogens is 1. The lowest BCUT2D eigenvalue weighted by molar-refractivity contribution is -0.137. The van der Waals surface area contributed by atoms with Gasteiger partial charge in [0, 0.05) is 0 Å². The summed E-state index contributed by atoms with van der Waals surface area (Å²) in [5.41, 5.74) is 4.11. The van der Waals surface area contributed by atoms with Gasteiger partial charge in [0.2, 0.25) is 5.13 Å². The molecule has 4 nitrogen and oxygen atoms in total. The van der Waals surface area contributed by atoms with Crippen molar-refractivity contribution >= 4 is 32.6 Å². The van der Waals surface area contributed by atoms with Crippen LogP contribution in [0, 0.1) is 0 Å². The van der Waals surface area contributed by atoms with Crippen LogP contribution in [0.1, 0.15) is 15.9 Å². The van der Waals surface area contributed by atoms with Gasteiger partial charge in [0.25, 0.3) is 5.91 Å². The molecule has 0 aliphatic heterocycles. The Morgan fingerprint density at radius 3 is 2.48 bits per heavy atom. The number of benzene rings is 2. The van der Waals surface area contributed by atoms with Gasteiger partial charge in [0.1, 0.15) is 0 Å². The number of amides is 1. The van der Waals surface area contributed by atoms with E-state index in [0.29, 0.717) is 5.13 Å². The highest BCUT2D eigenvalue weighted by atomic mass is 32.1. The largest absolute Gasteiger partial charge is 0.417 e. The normalized spacial score (nSPS) is 11.4. The average molecular weight is 337 g/mol. The van der Waals surface area contributed by atoms with Crippen LogP contribution in [-0.4, -0.2) is 10.9 Å². The molecule has 0 radical (unpaired) electrons. The lowest BCUT2D eigenvalue weighted by Gasteiger charge is -2.12. The fourth-order valence-electron chi connectivity index (χ4n) is 2.03. The van der Waals surface area contributed by atoms with Crippen LogP contribution in [0.3, 0.4) is 0 Å². The quantitative estimate of drug-likeness (QED) is 0.708. The van der Waals surface area contributed by atoms with Crippen LogP contribution >= 0.6 is 11.3 Å². The molecular weight excluding hydrogens is 327 g/mol. The van der Waals surface area contributed by atoms with Gasteiger partial charge in [0.05, 0.1) is 21.3 Å². The van der Waals surface area contributed by atoms with Gasteiger partial charge in [-0.3, -0.25) is 15.6 Å². The van der Waals surface area contributed by atoms with Crippen molar-refractivity contribution < 1.29 is 18.0 Å². The molecule has 8 heteroatoms. The minimum atomic E-state index is -4.59. The van der Waals surface area contributed by atoms with Crippen LogP contribution in [0.15, 0.2) is 48.5 Å². The predicted octanol–water partition coefficient (Wildman–Crippen LogP) is 4.07. The molecule has 0 aliphatic rings. The second kappa shape index (κ2) is 5.88. The molecule has 1 amide bonds. The lowest BCUT2D eigenvalue weighted by Crippen LogP contribution is -2.31. The van der Waals surface area contributed by atoms with Gasteiger partial charge >= 0.3 is 6.18 Å². The lowest BCUT2D eigenvalue weighted by atomic mass is 10.1. The van der Waals surface area contributed by atoms with Crippen LogP contribution in [0.25, 0.3) is 10.2 Å². The number of hydrazine groups is 1. The molecule has 0 saturated carbocycles.